The summed E-state index contributed by atoms with van der Waals surface area (Å²) in [4.78, 5) is 22.6. The SMILES string of the molecule is Cc1ccc(-c2ccnn2C[C@@H](OC(=O)Oc2ccc([N+](=O)[O-])cc2)C(C)(C)C)cc1. The van der Waals surface area contributed by atoms with Crippen molar-refractivity contribution in [1.29, 1.82) is 0 Å². The fraction of sp³-hybridized carbons (Fsp3) is 0.304. The predicted molar refractivity (Wildman–Crippen MR) is 116 cm³/mol. The summed E-state index contributed by atoms with van der Waals surface area (Å²) in [5, 5.41) is 15.2. The Morgan fingerprint density at radius 3 is 2.32 bits per heavy atom. The van der Waals surface area contributed by atoms with Gasteiger partial charge in [-0.15, -0.1) is 0 Å². The van der Waals surface area contributed by atoms with E-state index in [9.17, 15) is 14.9 Å². The maximum absolute atomic E-state index is 12.4. The maximum Gasteiger partial charge on any atom is 0.514 e. The summed E-state index contributed by atoms with van der Waals surface area (Å²) in [6, 6.07) is 15.3. The molecule has 8 nitrogen and oxygen atoms in total. The molecule has 0 unspecified atom stereocenters. The van der Waals surface area contributed by atoms with Crippen molar-refractivity contribution in [2.45, 2.75) is 40.3 Å². The van der Waals surface area contributed by atoms with Gasteiger partial charge in [-0.05, 0) is 30.7 Å². The van der Waals surface area contributed by atoms with E-state index in [1.54, 1.807) is 10.9 Å². The molecule has 0 saturated heterocycles. The number of non-ortho nitro benzene ring substituents is 1. The minimum atomic E-state index is -0.877. The smallest absolute Gasteiger partial charge is 0.428 e. The van der Waals surface area contributed by atoms with Crippen molar-refractivity contribution in [3.63, 3.8) is 0 Å². The number of rotatable bonds is 6. The van der Waals surface area contributed by atoms with Gasteiger partial charge in [0.1, 0.15) is 11.9 Å². The van der Waals surface area contributed by atoms with Crippen LogP contribution >= 0.6 is 0 Å². The summed E-state index contributed by atoms with van der Waals surface area (Å²) < 4.78 is 12.6. The molecule has 0 fully saturated rings. The van der Waals surface area contributed by atoms with E-state index in [1.807, 2.05) is 58.0 Å². The van der Waals surface area contributed by atoms with Gasteiger partial charge >= 0.3 is 6.16 Å². The minimum absolute atomic E-state index is 0.0874. The highest BCUT2D eigenvalue weighted by atomic mass is 16.7. The number of nitro benzene ring substituents is 1. The molecule has 1 atom stereocenters. The Hall–Kier alpha value is -3.68. The Kier molecular flexibility index (Phi) is 6.39. The molecule has 1 aromatic heterocycles. The first-order valence-corrected chi connectivity index (χ1v) is 9.85. The number of carbonyl (C=O) groups is 1. The van der Waals surface area contributed by atoms with Crippen molar-refractivity contribution in [2.24, 2.45) is 5.41 Å². The van der Waals surface area contributed by atoms with Crippen LogP contribution in [0.1, 0.15) is 26.3 Å². The van der Waals surface area contributed by atoms with E-state index < -0.39 is 17.2 Å². The summed E-state index contributed by atoms with van der Waals surface area (Å²) in [6.45, 7) is 8.26. The highest BCUT2D eigenvalue weighted by molar-refractivity contribution is 5.64. The van der Waals surface area contributed by atoms with Crippen LogP contribution in [0.15, 0.2) is 60.8 Å². The molecular weight excluding hydrogens is 398 g/mol. The molecule has 3 aromatic rings. The van der Waals surface area contributed by atoms with E-state index in [1.165, 1.54) is 29.8 Å². The van der Waals surface area contributed by atoms with E-state index >= 15 is 0 Å². The van der Waals surface area contributed by atoms with Gasteiger partial charge in [-0.25, -0.2) is 4.79 Å². The molecule has 3 rings (SSSR count). The zero-order valence-electron chi connectivity index (χ0n) is 17.9. The molecule has 0 N–H and O–H groups in total. The van der Waals surface area contributed by atoms with E-state index in [-0.39, 0.29) is 16.9 Å². The van der Waals surface area contributed by atoms with Crippen molar-refractivity contribution >= 4 is 11.8 Å². The highest BCUT2D eigenvalue weighted by Gasteiger charge is 2.30. The second-order valence-corrected chi connectivity index (χ2v) is 8.34. The first kappa shape index (κ1) is 22.0. The Bertz CT molecular complexity index is 1050. The van der Waals surface area contributed by atoms with Crippen LogP contribution in [0.25, 0.3) is 11.3 Å². The van der Waals surface area contributed by atoms with Crippen LogP contribution in [0.4, 0.5) is 10.5 Å². The van der Waals surface area contributed by atoms with Gasteiger partial charge in [0.25, 0.3) is 5.69 Å². The number of hydrogen-bond donors (Lipinski definition) is 0. The van der Waals surface area contributed by atoms with Crippen LogP contribution in [0.5, 0.6) is 5.75 Å². The fourth-order valence-corrected chi connectivity index (χ4v) is 2.97. The number of nitro groups is 1. The van der Waals surface area contributed by atoms with Gasteiger partial charge in [0.15, 0.2) is 0 Å². The maximum atomic E-state index is 12.4. The van der Waals surface area contributed by atoms with Crippen molar-refractivity contribution in [2.75, 3.05) is 0 Å². The van der Waals surface area contributed by atoms with Gasteiger partial charge in [-0.1, -0.05) is 50.6 Å². The quantitative estimate of drug-likeness (QED) is 0.228. The molecule has 0 radical (unpaired) electrons. The van der Waals surface area contributed by atoms with Crippen LogP contribution in [0.3, 0.4) is 0 Å². The van der Waals surface area contributed by atoms with E-state index in [4.69, 9.17) is 9.47 Å². The molecule has 8 heteroatoms. The third kappa shape index (κ3) is 5.69. The Morgan fingerprint density at radius 1 is 1.10 bits per heavy atom. The third-order valence-electron chi connectivity index (χ3n) is 4.86. The van der Waals surface area contributed by atoms with Gasteiger partial charge in [0.05, 0.1) is 17.2 Å². The Labute approximate surface area is 180 Å². The number of ether oxygens (including phenoxy) is 2. The van der Waals surface area contributed by atoms with Crippen molar-refractivity contribution in [1.82, 2.24) is 9.78 Å². The molecule has 0 bridgehead atoms. The standard InChI is InChI=1S/C23H25N3O5/c1-16-5-7-17(8-6-16)20-13-14-24-25(20)15-21(23(2,3)4)31-22(27)30-19-11-9-18(10-12-19)26(28)29/h5-14,21H,15H2,1-4H3/t21-/m1/s1. The number of benzene rings is 2. The minimum Gasteiger partial charge on any atom is -0.428 e. The lowest BCUT2D eigenvalue weighted by Gasteiger charge is -2.30. The monoisotopic (exact) mass is 423 g/mol. The highest BCUT2D eigenvalue weighted by Crippen LogP contribution is 2.27. The Morgan fingerprint density at radius 2 is 1.74 bits per heavy atom. The average Bonchev–Trinajstić information content (AvgIpc) is 3.16. The molecule has 31 heavy (non-hydrogen) atoms. The predicted octanol–water partition coefficient (Wildman–Crippen LogP) is 5.40. The number of nitrogens with zero attached hydrogens (tertiary/aromatic N) is 3. The largest absolute Gasteiger partial charge is 0.514 e. The molecule has 0 saturated carbocycles. The summed E-state index contributed by atoms with van der Waals surface area (Å²) >= 11 is 0. The lowest BCUT2D eigenvalue weighted by molar-refractivity contribution is -0.384. The van der Waals surface area contributed by atoms with Crippen LogP contribution in [-0.2, 0) is 11.3 Å². The molecule has 0 aliphatic heterocycles. The number of carbonyl (C=O) groups excluding carboxylic acids is 1. The lowest BCUT2D eigenvalue weighted by atomic mass is 9.89. The molecule has 0 spiro atoms. The molecule has 0 aliphatic carbocycles. The van der Waals surface area contributed by atoms with E-state index in [0.29, 0.717) is 6.54 Å². The second-order valence-electron chi connectivity index (χ2n) is 8.34. The number of aromatic nitrogens is 2. The van der Waals surface area contributed by atoms with Crippen LogP contribution in [0.2, 0.25) is 0 Å². The third-order valence-corrected chi connectivity index (χ3v) is 4.86. The van der Waals surface area contributed by atoms with Crippen molar-refractivity contribution in [3.8, 4) is 17.0 Å². The molecular formula is C23H25N3O5. The Balaban J connectivity index is 1.73. The molecule has 162 valence electrons. The van der Waals surface area contributed by atoms with Crippen LogP contribution in [0, 0.1) is 22.5 Å². The average molecular weight is 423 g/mol. The number of aryl methyl sites for hydroxylation is 1. The van der Waals surface area contributed by atoms with E-state index in [2.05, 4.69) is 5.10 Å². The van der Waals surface area contributed by atoms with Gasteiger partial charge in [0, 0.05) is 23.7 Å². The molecule has 0 amide bonds. The molecule has 2 aromatic carbocycles. The molecule has 0 aliphatic rings. The summed E-state index contributed by atoms with van der Waals surface area (Å²) in [6.07, 6.45) is 0.310. The summed E-state index contributed by atoms with van der Waals surface area (Å²) in [5.74, 6) is 0.169. The summed E-state index contributed by atoms with van der Waals surface area (Å²) in [7, 11) is 0. The van der Waals surface area contributed by atoms with Gasteiger partial charge < -0.3 is 9.47 Å². The zero-order valence-corrected chi connectivity index (χ0v) is 17.9. The van der Waals surface area contributed by atoms with Gasteiger partial charge in [-0.2, -0.15) is 5.10 Å². The van der Waals surface area contributed by atoms with Gasteiger partial charge in [0.2, 0.25) is 0 Å². The second kappa shape index (κ2) is 8.99. The fourth-order valence-electron chi connectivity index (χ4n) is 2.97. The van der Waals surface area contributed by atoms with Crippen LogP contribution < -0.4 is 4.74 Å². The van der Waals surface area contributed by atoms with Crippen molar-refractivity contribution < 1.29 is 19.2 Å². The first-order valence-electron chi connectivity index (χ1n) is 9.85. The van der Waals surface area contributed by atoms with Gasteiger partial charge in [-0.3, -0.25) is 14.8 Å². The topological polar surface area (TPSA) is 96.5 Å². The lowest BCUT2D eigenvalue weighted by Crippen LogP contribution is -2.36. The zero-order chi connectivity index (χ0) is 22.6. The summed E-state index contributed by atoms with van der Waals surface area (Å²) in [5.41, 5.74) is 2.63. The van der Waals surface area contributed by atoms with Crippen molar-refractivity contribution in [3.05, 3.63) is 76.5 Å². The first-order chi connectivity index (χ1) is 14.6. The normalized spacial score (nSPS) is 12.3. The molecule has 1 heterocycles. The number of hydrogen-bond acceptors (Lipinski definition) is 6. The van der Waals surface area contributed by atoms with Crippen LogP contribution in [-0.4, -0.2) is 27.0 Å². The van der Waals surface area contributed by atoms with E-state index in [0.717, 1.165) is 11.3 Å².